The third kappa shape index (κ3) is 5.16. The van der Waals surface area contributed by atoms with Crippen LogP contribution < -0.4 is 16.4 Å². The molecule has 4 N–H and O–H groups in total. The Morgan fingerprint density at radius 2 is 2.00 bits per heavy atom. The van der Waals surface area contributed by atoms with E-state index in [1.165, 1.54) is 0 Å². The van der Waals surface area contributed by atoms with E-state index in [0.717, 1.165) is 6.42 Å². The Bertz CT molecular complexity index is 339. The second kappa shape index (κ2) is 6.34. The predicted molar refractivity (Wildman–Crippen MR) is 72.4 cm³/mol. The molecule has 1 saturated heterocycles. The van der Waals surface area contributed by atoms with Gasteiger partial charge in [0, 0.05) is 12.1 Å². The second-order valence-corrected chi connectivity index (χ2v) is 6.03. The van der Waals surface area contributed by atoms with Gasteiger partial charge in [-0.15, -0.1) is 0 Å². The highest BCUT2D eigenvalue weighted by atomic mass is 16.5. The van der Waals surface area contributed by atoms with Crippen LogP contribution in [0, 0.1) is 0 Å². The lowest BCUT2D eigenvalue weighted by Crippen LogP contribution is -2.52. The Morgan fingerprint density at radius 3 is 2.47 bits per heavy atom. The first-order valence-corrected chi connectivity index (χ1v) is 6.71. The fourth-order valence-electron chi connectivity index (χ4n) is 1.92. The normalized spacial score (nSPS) is 24.9. The first-order chi connectivity index (χ1) is 8.73. The van der Waals surface area contributed by atoms with Crippen molar-refractivity contribution in [3.8, 4) is 0 Å². The van der Waals surface area contributed by atoms with Crippen molar-refractivity contribution in [1.82, 2.24) is 10.6 Å². The third-order valence-corrected chi connectivity index (χ3v) is 2.91. The monoisotopic (exact) mass is 271 g/mol. The average Bonchev–Trinajstić information content (AvgIpc) is 2.75. The first kappa shape index (κ1) is 15.9. The van der Waals surface area contributed by atoms with E-state index in [4.69, 9.17) is 10.5 Å². The lowest BCUT2D eigenvalue weighted by Gasteiger charge is -2.24. The number of nitrogens with one attached hydrogen (secondary N) is 2. The number of carbonyl (C=O) groups excluding carboxylic acids is 2. The molecule has 1 aliphatic heterocycles. The third-order valence-electron chi connectivity index (χ3n) is 2.91. The summed E-state index contributed by atoms with van der Waals surface area (Å²) >= 11 is 0. The molecule has 1 aliphatic rings. The first-order valence-electron chi connectivity index (χ1n) is 6.71. The number of rotatable bonds is 4. The molecular formula is C13H25N3O3. The van der Waals surface area contributed by atoms with Crippen molar-refractivity contribution in [2.75, 3.05) is 6.54 Å². The van der Waals surface area contributed by atoms with Gasteiger partial charge in [-0.3, -0.25) is 9.59 Å². The summed E-state index contributed by atoms with van der Waals surface area (Å²) in [6.07, 6.45) is 0.909. The van der Waals surface area contributed by atoms with Gasteiger partial charge < -0.3 is 21.1 Å². The molecule has 0 aliphatic carbocycles. The summed E-state index contributed by atoms with van der Waals surface area (Å²) in [5.74, 6) is -0.443. The van der Waals surface area contributed by atoms with E-state index in [1.807, 2.05) is 20.8 Å². The van der Waals surface area contributed by atoms with Gasteiger partial charge in [0.2, 0.25) is 11.8 Å². The van der Waals surface area contributed by atoms with Gasteiger partial charge in [0.15, 0.2) is 0 Å². The van der Waals surface area contributed by atoms with Gasteiger partial charge in [-0.2, -0.15) is 0 Å². The van der Waals surface area contributed by atoms with Crippen molar-refractivity contribution in [3.05, 3.63) is 0 Å². The summed E-state index contributed by atoms with van der Waals surface area (Å²) in [6, 6.07) is -0.577. The quantitative estimate of drug-likeness (QED) is 0.666. The summed E-state index contributed by atoms with van der Waals surface area (Å²) < 4.78 is 5.49. The molecule has 3 unspecified atom stereocenters. The van der Waals surface area contributed by atoms with Gasteiger partial charge >= 0.3 is 0 Å². The summed E-state index contributed by atoms with van der Waals surface area (Å²) in [5, 5.41) is 5.49. The zero-order chi connectivity index (χ0) is 14.6. The van der Waals surface area contributed by atoms with Crippen LogP contribution in [0.2, 0.25) is 0 Å². The van der Waals surface area contributed by atoms with E-state index in [1.54, 1.807) is 6.92 Å². The van der Waals surface area contributed by atoms with E-state index >= 15 is 0 Å². The van der Waals surface area contributed by atoms with Gasteiger partial charge in [-0.05, 0) is 40.5 Å². The molecule has 0 saturated carbocycles. The number of carbonyl (C=O) groups is 2. The summed E-state index contributed by atoms with van der Waals surface area (Å²) in [7, 11) is 0. The van der Waals surface area contributed by atoms with E-state index in [9.17, 15) is 9.59 Å². The second-order valence-electron chi connectivity index (χ2n) is 6.03. The topological polar surface area (TPSA) is 93.5 Å². The number of hydrogen-bond donors (Lipinski definition) is 3. The predicted octanol–water partition coefficient (Wildman–Crippen LogP) is -0.0879. The van der Waals surface area contributed by atoms with Crippen LogP contribution in [0.1, 0.15) is 40.5 Å². The Balaban J connectivity index is 2.42. The minimum atomic E-state index is -0.577. The van der Waals surface area contributed by atoms with Crippen molar-refractivity contribution in [2.45, 2.75) is 64.3 Å². The summed E-state index contributed by atoms with van der Waals surface area (Å²) in [6.45, 7) is 7.76. The van der Waals surface area contributed by atoms with Crippen molar-refractivity contribution in [3.63, 3.8) is 0 Å². The average molecular weight is 271 g/mol. The SMILES string of the molecule is CC(NC(=O)C1CCC(CN)O1)C(=O)NC(C)(C)C. The number of amides is 2. The van der Waals surface area contributed by atoms with Gasteiger partial charge in [-0.1, -0.05) is 0 Å². The van der Waals surface area contributed by atoms with Crippen LogP contribution in [0.25, 0.3) is 0 Å². The highest BCUT2D eigenvalue weighted by Gasteiger charge is 2.31. The molecular weight excluding hydrogens is 246 g/mol. The zero-order valence-corrected chi connectivity index (χ0v) is 12.2. The Labute approximate surface area is 114 Å². The highest BCUT2D eigenvalue weighted by Crippen LogP contribution is 2.18. The maximum atomic E-state index is 11.9. The van der Waals surface area contributed by atoms with E-state index < -0.39 is 12.1 Å². The van der Waals surface area contributed by atoms with Crippen molar-refractivity contribution >= 4 is 11.8 Å². The molecule has 19 heavy (non-hydrogen) atoms. The van der Waals surface area contributed by atoms with Crippen LogP contribution in [-0.2, 0) is 14.3 Å². The van der Waals surface area contributed by atoms with Gasteiger partial charge in [0.25, 0.3) is 0 Å². The molecule has 6 heteroatoms. The molecule has 3 atom stereocenters. The molecule has 110 valence electrons. The van der Waals surface area contributed by atoms with Crippen LogP contribution >= 0.6 is 0 Å². The molecule has 0 radical (unpaired) electrons. The Hall–Kier alpha value is -1.14. The van der Waals surface area contributed by atoms with Gasteiger partial charge in [0.05, 0.1) is 6.10 Å². The molecule has 1 rings (SSSR count). The van der Waals surface area contributed by atoms with Crippen molar-refractivity contribution < 1.29 is 14.3 Å². The molecule has 0 aromatic heterocycles. The van der Waals surface area contributed by atoms with Crippen molar-refractivity contribution in [1.29, 1.82) is 0 Å². The molecule has 2 amide bonds. The lowest BCUT2D eigenvalue weighted by atomic mass is 10.1. The smallest absolute Gasteiger partial charge is 0.249 e. The minimum absolute atomic E-state index is 0.0468. The fraction of sp³-hybridized carbons (Fsp3) is 0.846. The molecule has 0 aromatic rings. The maximum Gasteiger partial charge on any atom is 0.249 e. The van der Waals surface area contributed by atoms with Crippen LogP contribution in [0.5, 0.6) is 0 Å². The molecule has 0 spiro atoms. The summed E-state index contributed by atoms with van der Waals surface area (Å²) in [4.78, 5) is 23.8. The van der Waals surface area contributed by atoms with Crippen LogP contribution in [0.3, 0.4) is 0 Å². The highest BCUT2D eigenvalue weighted by molar-refractivity contribution is 5.89. The molecule has 1 heterocycles. The Morgan fingerprint density at radius 1 is 1.37 bits per heavy atom. The van der Waals surface area contributed by atoms with Crippen LogP contribution in [0.4, 0.5) is 0 Å². The number of hydrogen-bond acceptors (Lipinski definition) is 4. The van der Waals surface area contributed by atoms with Crippen molar-refractivity contribution in [2.24, 2.45) is 5.73 Å². The van der Waals surface area contributed by atoms with Gasteiger partial charge in [0.1, 0.15) is 12.1 Å². The molecule has 0 aromatic carbocycles. The summed E-state index contributed by atoms with van der Waals surface area (Å²) in [5.41, 5.74) is 5.18. The lowest BCUT2D eigenvalue weighted by molar-refractivity contribution is -0.136. The fourth-order valence-corrected chi connectivity index (χ4v) is 1.92. The van der Waals surface area contributed by atoms with Crippen LogP contribution in [-0.4, -0.2) is 42.1 Å². The van der Waals surface area contributed by atoms with E-state index in [0.29, 0.717) is 13.0 Å². The zero-order valence-electron chi connectivity index (χ0n) is 12.2. The van der Waals surface area contributed by atoms with Crippen LogP contribution in [0.15, 0.2) is 0 Å². The minimum Gasteiger partial charge on any atom is -0.364 e. The van der Waals surface area contributed by atoms with E-state index in [-0.39, 0.29) is 23.5 Å². The Kier molecular flexibility index (Phi) is 5.31. The molecule has 6 nitrogen and oxygen atoms in total. The molecule has 0 bridgehead atoms. The molecule has 1 fully saturated rings. The standard InChI is InChI=1S/C13H25N3O3/c1-8(11(17)16-13(2,3)4)15-12(18)10-6-5-9(7-14)19-10/h8-10H,5-7,14H2,1-4H3,(H,15,18)(H,16,17). The largest absolute Gasteiger partial charge is 0.364 e. The number of nitrogens with two attached hydrogens (primary N) is 1. The maximum absolute atomic E-state index is 11.9. The van der Waals surface area contributed by atoms with E-state index in [2.05, 4.69) is 10.6 Å². The van der Waals surface area contributed by atoms with Gasteiger partial charge in [-0.25, -0.2) is 0 Å². The number of ether oxygens (including phenoxy) is 1.